The van der Waals surface area contributed by atoms with Gasteiger partial charge < -0.3 is 10.4 Å². The third-order valence-corrected chi connectivity index (χ3v) is 1.16. The van der Waals surface area contributed by atoms with Crippen LogP contribution in [0.15, 0.2) is 0 Å². The van der Waals surface area contributed by atoms with E-state index < -0.39 is 0 Å². The Kier molecular flexibility index (Phi) is 4.94. The summed E-state index contributed by atoms with van der Waals surface area (Å²) in [5, 5.41) is 11.4. The van der Waals surface area contributed by atoms with Gasteiger partial charge in [0.2, 0.25) is 5.91 Å². The Balaban J connectivity index is 3.22. The maximum absolute atomic E-state index is 10.7. The van der Waals surface area contributed by atoms with Gasteiger partial charge in [0.1, 0.15) is 0 Å². The fourth-order valence-corrected chi connectivity index (χ4v) is 0.626. The van der Waals surface area contributed by atoms with E-state index in [1.54, 1.807) is 6.92 Å². The molecule has 3 nitrogen and oxygen atoms in total. The third-order valence-electron chi connectivity index (χ3n) is 1.16. The van der Waals surface area contributed by atoms with Crippen LogP contribution in [0.1, 0.15) is 26.7 Å². The zero-order valence-corrected chi connectivity index (χ0v) is 6.55. The van der Waals surface area contributed by atoms with Crippen LogP contribution < -0.4 is 5.32 Å². The summed E-state index contributed by atoms with van der Waals surface area (Å²) in [6.07, 6.45) is 0.597. The first-order valence-corrected chi connectivity index (χ1v) is 3.61. The molecule has 0 unspecified atom stereocenters. The average molecular weight is 145 g/mol. The Morgan fingerprint density at radius 1 is 1.70 bits per heavy atom. The van der Waals surface area contributed by atoms with Crippen LogP contribution >= 0.6 is 0 Å². The van der Waals surface area contributed by atoms with Gasteiger partial charge >= 0.3 is 0 Å². The Morgan fingerprint density at radius 2 is 2.30 bits per heavy atom. The van der Waals surface area contributed by atoms with Crippen LogP contribution in [-0.2, 0) is 4.79 Å². The lowest BCUT2D eigenvalue weighted by Crippen LogP contribution is -2.23. The van der Waals surface area contributed by atoms with Gasteiger partial charge in [-0.05, 0) is 20.3 Å². The van der Waals surface area contributed by atoms with Gasteiger partial charge in [-0.2, -0.15) is 0 Å². The van der Waals surface area contributed by atoms with E-state index in [0.29, 0.717) is 19.4 Å². The molecule has 0 aliphatic carbocycles. The normalized spacial score (nSPS) is 12.7. The zero-order chi connectivity index (χ0) is 7.98. The smallest absolute Gasteiger partial charge is 0.220 e. The van der Waals surface area contributed by atoms with Crippen molar-refractivity contribution in [2.75, 3.05) is 6.54 Å². The lowest BCUT2D eigenvalue weighted by atomic mass is 10.2. The summed E-state index contributed by atoms with van der Waals surface area (Å²) in [7, 11) is 0. The predicted molar refractivity (Wildman–Crippen MR) is 39.6 cm³/mol. The van der Waals surface area contributed by atoms with Gasteiger partial charge in [0, 0.05) is 13.0 Å². The van der Waals surface area contributed by atoms with Crippen molar-refractivity contribution in [1.82, 2.24) is 5.32 Å². The Bertz CT molecular complexity index is 102. The molecule has 0 aromatic carbocycles. The minimum absolute atomic E-state index is 0.0170. The number of carbonyl (C=O) groups is 1. The second-order valence-corrected chi connectivity index (χ2v) is 2.34. The molecule has 0 aromatic heterocycles. The van der Waals surface area contributed by atoms with Crippen LogP contribution in [0.25, 0.3) is 0 Å². The molecule has 0 radical (unpaired) electrons. The van der Waals surface area contributed by atoms with E-state index in [1.165, 1.54) is 0 Å². The maximum atomic E-state index is 10.7. The molecular formula is C7H15NO2. The molecule has 0 fully saturated rings. The molecule has 0 heterocycles. The number of aliphatic hydroxyl groups excluding tert-OH is 1. The molecule has 0 aromatic rings. The van der Waals surface area contributed by atoms with E-state index in [-0.39, 0.29) is 12.0 Å². The molecule has 0 spiro atoms. The van der Waals surface area contributed by atoms with Crippen molar-refractivity contribution < 1.29 is 9.90 Å². The fourth-order valence-electron chi connectivity index (χ4n) is 0.626. The number of hydrogen-bond acceptors (Lipinski definition) is 2. The Labute approximate surface area is 61.4 Å². The van der Waals surface area contributed by atoms with Gasteiger partial charge in [-0.15, -0.1) is 0 Å². The molecule has 1 amide bonds. The molecule has 60 valence electrons. The SMILES string of the molecule is CCNC(=O)CC[C@H](C)O. The van der Waals surface area contributed by atoms with Crippen molar-refractivity contribution in [3.8, 4) is 0 Å². The van der Waals surface area contributed by atoms with Crippen molar-refractivity contribution in [2.24, 2.45) is 0 Å². The first-order valence-electron chi connectivity index (χ1n) is 3.61. The predicted octanol–water partition coefficient (Wildman–Crippen LogP) is 0.283. The van der Waals surface area contributed by atoms with Crippen molar-refractivity contribution in [3.05, 3.63) is 0 Å². The second-order valence-electron chi connectivity index (χ2n) is 2.34. The van der Waals surface area contributed by atoms with Crippen LogP contribution in [0.2, 0.25) is 0 Å². The van der Waals surface area contributed by atoms with Crippen LogP contribution in [-0.4, -0.2) is 23.7 Å². The van der Waals surface area contributed by atoms with Crippen LogP contribution in [0.3, 0.4) is 0 Å². The standard InChI is InChI=1S/C7H15NO2/c1-3-8-7(10)5-4-6(2)9/h6,9H,3-5H2,1-2H3,(H,8,10)/t6-/m0/s1. The lowest BCUT2D eigenvalue weighted by molar-refractivity contribution is -0.121. The average Bonchev–Trinajstić information content (AvgIpc) is 1.85. The summed E-state index contributed by atoms with van der Waals surface area (Å²) >= 11 is 0. The largest absolute Gasteiger partial charge is 0.393 e. The minimum atomic E-state index is -0.373. The van der Waals surface area contributed by atoms with Crippen molar-refractivity contribution in [1.29, 1.82) is 0 Å². The molecule has 10 heavy (non-hydrogen) atoms. The Hall–Kier alpha value is -0.570. The van der Waals surface area contributed by atoms with Crippen molar-refractivity contribution in [3.63, 3.8) is 0 Å². The van der Waals surface area contributed by atoms with Crippen LogP contribution in [0.5, 0.6) is 0 Å². The fraction of sp³-hybridized carbons (Fsp3) is 0.857. The van der Waals surface area contributed by atoms with E-state index in [9.17, 15) is 4.79 Å². The van der Waals surface area contributed by atoms with E-state index >= 15 is 0 Å². The van der Waals surface area contributed by atoms with Gasteiger partial charge in [0.25, 0.3) is 0 Å². The molecule has 1 atom stereocenters. The van der Waals surface area contributed by atoms with Crippen molar-refractivity contribution in [2.45, 2.75) is 32.8 Å². The summed E-state index contributed by atoms with van der Waals surface area (Å²) < 4.78 is 0. The molecule has 0 aliphatic heterocycles. The molecule has 3 heteroatoms. The van der Waals surface area contributed by atoms with Gasteiger partial charge in [-0.3, -0.25) is 4.79 Å². The number of hydrogen-bond donors (Lipinski definition) is 2. The third kappa shape index (κ3) is 5.56. The number of rotatable bonds is 4. The minimum Gasteiger partial charge on any atom is -0.393 e. The van der Waals surface area contributed by atoms with Gasteiger partial charge in [-0.1, -0.05) is 0 Å². The second kappa shape index (κ2) is 5.23. The summed E-state index contributed by atoms with van der Waals surface area (Å²) in [6.45, 7) is 4.22. The first-order chi connectivity index (χ1) is 4.66. The topological polar surface area (TPSA) is 49.3 Å². The molecule has 0 saturated heterocycles. The van der Waals surface area contributed by atoms with E-state index in [0.717, 1.165) is 0 Å². The molecule has 0 saturated carbocycles. The van der Waals surface area contributed by atoms with E-state index in [2.05, 4.69) is 5.32 Å². The molecule has 0 rings (SSSR count). The molecule has 2 N–H and O–H groups in total. The quantitative estimate of drug-likeness (QED) is 0.597. The summed E-state index contributed by atoms with van der Waals surface area (Å²) in [5.41, 5.74) is 0. The van der Waals surface area contributed by atoms with Crippen LogP contribution in [0, 0.1) is 0 Å². The zero-order valence-electron chi connectivity index (χ0n) is 6.55. The molecule has 0 aliphatic rings. The highest BCUT2D eigenvalue weighted by Crippen LogP contribution is 1.94. The van der Waals surface area contributed by atoms with Gasteiger partial charge in [-0.25, -0.2) is 0 Å². The van der Waals surface area contributed by atoms with Gasteiger partial charge in [0.15, 0.2) is 0 Å². The van der Waals surface area contributed by atoms with E-state index in [4.69, 9.17) is 5.11 Å². The highest BCUT2D eigenvalue weighted by molar-refractivity contribution is 5.75. The Morgan fingerprint density at radius 3 is 2.70 bits per heavy atom. The number of nitrogens with one attached hydrogen (secondary N) is 1. The summed E-state index contributed by atoms with van der Waals surface area (Å²) in [5.74, 6) is 0.0170. The summed E-state index contributed by atoms with van der Waals surface area (Å²) in [4.78, 5) is 10.7. The first kappa shape index (κ1) is 9.43. The highest BCUT2D eigenvalue weighted by Gasteiger charge is 2.01. The van der Waals surface area contributed by atoms with Crippen molar-refractivity contribution >= 4 is 5.91 Å². The number of carbonyl (C=O) groups excluding carboxylic acids is 1. The van der Waals surface area contributed by atoms with E-state index in [1.807, 2.05) is 6.92 Å². The number of aliphatic hydroxyl groups is 1. The maximum Gasteiger partial charge on any atom is 0.220 e. The summed E-state index contributed by atoms with van der Waals surface area (Å²) in [6, 6.07) is 0. The highest BCUT2D eigenvalue weighted by atomic mass is 16.3. The van der Waals surface area contributed by atoms with Gasteiger partial charge in [0.05, 0.1) is 6.10 Å². The monoisotopic (exact) mass is 145 g/mol. The molecular weight excluding hydrogens is 130 g/mol. The number of amides is 1. The van der Waals surface area contributed by atoms with Crippen LogP contribution in [0.4, 0.5) is 0 Å². The molecule has 0 bridgehead atoms. The lowest BCUT2D eigenvalue weighted by Gasteiger charge is -2.03.